The summed E-state index contributed by atoms with van der Waals surface area (Å²) in [6.07, 6.45) is 3.64. The molecule has 2 fully saturated rings. The zero-order chi connectivity index (χ0) is 19.7. The smallest absolute Gasteiger partial charge is 0.258 e. The number of nitrogens with zero attached hydrogens (tertiary/aromatic N) is 3. The van der Waals surface area contributed by atoms with E-state index in [9.17, 15) is 12.8 Å². The molecule has 0 bridgehead atoms. The van der Waals surface area contributed by atoms with E-state index in [-0.39, 0.29) is 11.7 Å². The number of rotatable bonds is 4. The molecule has 3 heterocycles. The van der Waals surface area contributed by atoms with Gasteiger partial charge in [-0.2, -0.15) is 17.0 Å². The number of pyridine rings is 1. The number of hydrogen-bond donors (Lipinski definition) is 0. The van der Waals surface area contributed by atoms with Crippen LogP contribution in [-0.2, 0) is 10.2 Å². The summed E-state index contributed by atoms with van der Waals surface area (Å²) < 4.78 is 42.4. The maximum absolute atomic E-state index is 13.3. The van der Waals surface area contributed by atoms with Crippen LogP contribution in [0.5, 0.6) is 0 Å². The summed E-state index contributed by atoms with van der Waals surface area (Å²) in [7, 11) is -3.38. The van der Waals surface area contributed by atoms with Crippen molar-refractivity contribution >= 4 is 10.2 Å². The summed E-state index contributed by atoms with van der Waals surface area (Å²) >= 11 is 0. The Labute approximate surface area is 166 Å². The van der Waals surface area contributed by atoms with Gasteiger partial charge in [-0.3, -0.25) is 4.98 Å². The van der Waals surface area contributed by atoms with Crippen molar-refractivity contribution in [2.24, 2.45) is 0 Å². The molecule has 0 amide bonds. The summed E-state index contributed by atoms with van der Waals surface area (Å²) in [5.74, 6) is -0.185. The molecule has 0 N–H and O–H groups in total. The normalized spacial score (nSPS) is 21.9. The van der Waals surface area contributed by atoms with Crippen molar-refractivity contribution < 1.29 is 12.8 Å². The van der Waals surface area contributed by atoms with Gasteiger partial charge in [-0.1, -0.05) is 12.1 Å². The van der Waals surface area contributed by atoms with Crippen molar-refractivity contribution in [1.29, 1.82) is 0 Å². The van der Waals surface area contributed by atoms with E-state index in [1.54, 1.807) is 20.7 Å². The van der Waals surface area contributed by atoms with E-state index < -0.39 is 10.2 Å². The minimum absolute atomic E-state index is 0.0743. The minimum atomic E-state index is -3.38. The number of aryl methyl sites for hydroxylation is 1. The quantitative estimate of drug-likeness (QED) is 0.782. The topological polar surface area (TPSA) is 53.5 Å². The van der Waals surface area contributed by atoms with E-state index in [0.29, 0.717) is 26.2 Å². The summed E-state index contributed by atoms with van der Waals surface area (Å²) in [6, 6.07) is 10.4. The lowest BCUT2D eigenvalue weighted by Gasteiger charge is -2.34. The molecule has 0 unspecified atom stereocenters. The first kappa shape index (κ1) is 19.5. The van der Waals surface area contributed by atoms with Crippen LogP contribution in [0.15, 0.2) is 36.4 Å². The molecule has 0 aliphatic carbocycles. The van der Waals surface area contributed by atoms with E-state index >= 15 is 0 Å². The Morgan fingerprint density at radius 2 is 1.64 bits per heavy atom. The minimum Gasteiger partial charge on any atom is -0.258 e. The van der Waals surface area contributed by atoms with Gasteiger partial charge in [0.2, 0.25) is 0 Å². The van der Waals surface area contributed by atoms with Crippen LogP contribution in [0.3, 0.4) is 0 Å². The maximum atomic E-state index is 13.3. The monoisotopic (exact) mass is 403 g/mol. The highest BCUT2D eigenvalue weighted by atomic mass is 32.2. The average molecular weight is 404 g/mol. The number of hydrogen-bond acceptors (Lipinski definition) is 3. The maximum Gasteiger partial charge on any atom is 0.281 e. The van der Waals surface area contributed by atoms with Gasteiger partial charge in [0.15, 0.2) is 0 Å². The summed E-state index contributed by atoms with van der Waals surface area (Å²) in [4.78, 5) is 4.71. The van der Waals surface area contributed by atoms with Crippen molar-refractivity contribution in [2.75, 3.05) is 26.2 Å². The highest BCUT2D eigenvalue weighted by molar-refractivity contribution is 7.86. The van der Waals surface area contributed by atoms with Gasteiger partial charge in [0, 0.05) is 43.5 Å². The largest absolute Gasteiger partial charge is 0.281 e. The number of benzene rings is 1. The number of halogens is 1. The fourth-order valence-corrected chi connectivity index (χ4v) is 5.96. The molecule has 28 heavy (non-hydrogen) atoms. The van der Waals surface area contributed by atoms with Crippen LogP contribution < -0.4 is 0 Å². The van der Waals surface area contributed by atoms with Gasteiger partial charge in [0.25, 0.3) is 10.2 Å². The third-order valence-corrected chi connectivity index (χ3v) is 7.67. The molecular weight excluding hydrogens is 377 g/mol. The van der Waals surface area contributed by atoms with Crippen molar-refractivity contribution in [3.8, 4) is 11.1 Å². The average Bonchev–Trinajstić information content (AvgIpc) is 3.24. The van der Waals surface area contributed by atoms with Crippen LogP contribution in [0.1, 0.15) is 43.0 Å². The SMILES string of the molecule is Cc1cc(-c2ccc(F)cc2)cc([C@H]2CCCN(S(=O)(=O)N3CCCC3)C2)n1. The van der Waals surface area contributed by atoms with E-state index in [2.05, 4.69) is 0 Å². The first-order chi connectivity index (χ1) is 13.4. The van der Waals surface area contributed by atoms with Gasteiger partial charge in [-0.15, -0.1) is 0 Å². The lowest BCUT2D eigenvalue weighted by molar-refractivity contribution is 0.290. The fraction of sp³-hybridized carbons (Fsp3) is 0.476. The first-order valence-corrected chi connectivity index (χ1v) is 11.3. The molecule has 0 radical (unpaired) electrons. The van der Waals surface area contributed by atoms with Crippen LogP contribution in [-0.4, -0.2) is 48.2 Å². The van der Waals surface area contributed by atoms with E-state index in [4.69, 9.17) is 4.98 Å². The predicted octanol–water partition coefficient (Wildman–Crippen LogP) is 3.72. The van der Waals surface area contributed by atoms with Gasteiger partial charge >= 0.3 is 0 Å². The Morgan fingerprint density at radius 3 is 2.36 bits per heavy atom. The molecule has 1 aromatic carbocycles. The Morgan fingerprint density at radius 1 is 0.964 bits per heavy atom. The van der Waals surface area contributed by atoms with Gasteiger partial charge in [0.1, 0.15) is 5.82 Å². The second kappa shape index (κ2) is 7.89. The number of piperidine rings is 1. The van der Waals surface area contributed by atoms with E-state index in [1.165, 1.54) is 12.1 Å². The van der Waals surface area contributed by atoms with Gasteiger partial charge in [-0.25, -0.2) is 4.39 Å². The Bertz CT molecular complexity index is 941. The molecule has 2 saturated heterocycles. The van der Waals surface area contributed by atoms with Gasteiger partial charge < -0.3 is 0 Å². The first-order valence-electron chi connectivity index (χ1n) is 9.93. The molecule has 2 aromatic rings. The second-order valence-corrected chi connectivity index (χ2v) is 9.67. The zero-order valence-corrected chi connectivity index (χ0v) is 17.0. The summed E-state index contributed by atoms with van der Waals surface area (Å²) in [6.45, 7) is 4.24. The number of aromatic nitrogens is 1. The molecule has 1 aromatic heterocycles. The van der Waals surface area contributed by atoms with Crippen LogP contribution >= 0.6 is 0 Å². The molecule has 5 nitrogen and oxygen atoms in total. The predicted molar refractivity (Wildman–Crippen MR) is 108 cm³/mol. The van der Waals surface area contributed by atoms with Crippen molar-refractivity contribution in [3.63, 3.8) is 0 Å². The van der Waals surface area contributed by atoms with Crippen LogP contribution in [0.2, 0.25) is 0 Å². The second-order valence-electron chi connectivity index (χ2n) is 7.74. The van der Waals surface area contributed by atoms with Crippen molar-refractivity contribution in [1.82, 2.24) is 13.6 Å². The Kier molecular flexibility index (Phi) is 5.49. The van der Waals surface area contributed by atoms with E-state index in [0.717, 1.165) is 48.2 Å². The van der Waals surface area contributed by atoms with Gasteiger partial charge in [0.05, 0.1) is 0 Å². The van der Waals surface area contributed by atoms with Crippen molar-refractivity contribution in [3.05, 3.63) is 53.6 Å². The third kappa shape index (κ3) is 3.97. The third-order valence-electron chi connectivity index (χ3n) is 5.67. The summed E-state index contributed by atoms with van der Waals surface area (Å²) in [5.41, 5.74) is 3.73. The molecule has 7 heteroatoms. The zero-order valence-electron chi connectivity index (χ0n) is 16.1. The van der Waals surface area contributed by atoms with Crippen LogP contribution in [0.4, 0.5) is 4.39 Å². The molecule has 150 valence electrons. The lowest BCUT2D eigenvalue weighted by atomic mass is 9.93. The van der Waals surface area contributed by atoms with Crippen LogP contribution in [0.25, 0.3) is 11.1 Å². The molecule has 0 saturated carbocycles. The molecular formula is C21H26FN3O2S. The fourth-order valence-electron chi connectivity index (χ4n) is 4.19. The highest BCUT2D eigenvalue weighted by Gasteiger charge is 2.35. The Balaban J connectivity index is 1.59. The van der Waals surface area contributed by atoms with Crippen LogP contribution in [0, 0.1) is 12.7 Å². The van der Waals surface area contributed by atoms with Gasteiger partial charge in [-0.05, 0) is 68.0 Å². The Hall–Kier alpha value is -1.83. The van der Waals surface area contributed by atoms with Crippen molar-refractivity contribution in [2.45, 2.75) is 38.5 Å². The molecule has 2 aliphatic rings. The highest BCUT2D eigenvalue weighted by Crippen LogP contribution is 2.31. The molecule has 4 rings (SSSR count). The standard InChI is InChI=1S/C21H26FN3O2S/c1-16-13-19(17-6-8-20(22)9-7-17)14-21(23-16)18-5-4-12-25(15-18)28(26,27)24-10-2-3-11-24/h6-9,13-14,18H,2-5,10-12,15H2,1H3/t18-/m0/s1. The lowest BCUT2D eigenvalue weighted by Crippen LogP contribution is -2.46. The van der Waals surface area contributed by atoms with E-state index in [1.807, 2.05) is 19.1 Å². The molecule has 1 atom stereocenters. The molecule has 2 aliphatic heterocycles. The molecule has 0 spiro atoms. The summed E-state index contributed by atoms with van der Waals surface area (Å²) in [5, 5.41) is 0.